The number of unbranched alkanes of at least 4 members (excludes halogenated alkanes) is 23. The van der Waals surface area contributed by atoms with E-state index in [4.69, 9.17) is 0 Å². The Labute approximate surface area is 416 Å². The molecular formula is C63H107NO3. The number of nitrogens with one attached hydrogen (secondary N) is 1. The van der Waals surface area contributed by atoms with E-state index in [1.807, 2.05) is 0 Å². The van der Waals surface area contributed by atoms with Crippen molar-refractivity contribution in [1.82, 2.24) is 5.32 Å². The van der Waals surface area contributed by atoms with Crippen molar-refractivity contribution in [3.63, 3.8) is 0 Å². The van der Waals surface area contributed by atoms with Crippen molar-refractivity contribution in [2.24, 2.45) is 0 Å². The summed E-state index contributed by atoms with van der Waals surface area (Å²) in [6, 6.07) is -0.560. The van der Waals surface area contributed by atoms with E-state index in [2.05, 4.69) is 141 Å². The Kier molecular flexibility index (Phi) is 54.4. The summed E-state index contributed by atoms with van der Waals surface area (Å²) >= 11 is 0. The number of carbonyl (C=O) groups is 1. The van der Waals surface area contributed by atoms with E-state index in [0.29, 0.717) is 12.8 Å². The second kappa shape index (κ2) is 57.1. The third-order valence-corrected chi connectivity index (χ3v) is 12.2. The van der Waals surface area contributed by atoms with Crippen LogP contribution in [0.3, 0.4) is 0 Å². The van der Waals surface area contributed by atoms with Gasteiger partial charge >= 0.3 is 0 Å². The van der Waals surface area contributed by atoms with E-state index < -0.39 is 12.1 Å². The van der Waals surface area contributed by atoms with Crippen molar-refractivity contribution in [1.29, 1.82) is 0 Å². The second-order valence-corrected chi connectivity index (χ2v) is 18.6. The first-order chi connectivity index (χ1) is 33.2. The maximum atomic E-state index is 12.5. The second-order valence-electron chi connectivity index (χ2n) is 18.6. The fourth-order valence-corrected chi connectivity index (χ4v) is 7.98. The number of carbonyl (C=O) groups excluding carboxylic acids is 1. The summed E-state index contributed by atoms with van der Waals surface area (Å²) in [6.07, 6.45) is 87.4. The zero-order valence-corrected chi connectivity index (χ0v) is 43.9. The third-order valence-electron chi connectivity index (χ3n) is 12.2. The Morgan fingerprint density at radius 3 is 0.985 bits per heavy atom. The molecule has 0 saturated heterocycles. The molecule has 0 spiro atoms. The van der Waals surface area contributed by atoms with Crippen molar-refractivity contribution < 1.29 is 15.0 Å². The van der Waals surface area contributed by atoms with E-state index in [1.54, 1.807) is 0 Å². The van der Waals surface area contributed by atoms with Crippen molar-refractivity contribution >= 4 is 5.91 Å². The summed E-state index contributed by atoms with van der Waals surface area (Å²) in [5.74, 6) is -0.0589. The summed E-state index contributed by atoms with van der Waals surface area (Å²) in [7, 11) is 0. The van der Waals surface area contributed by atoms with Crippen LogP contribution in [0.1, 0.15) is 251 Å². The molecule has 0 radical (unpaired) electrons. The SMILES string of the molecule is CC/C=C\C/C=C\C/C=C\C/C=C\C/C=C\C/C=C\C/C=C\C/C=C\C/C=C\C/C=C\CCCCCCC(=O)NC(CO)C(O)CCCCCCCCCCCCCCCCCCCCCC. The number of allylic oxidation sites excluding steroid dienone is 20. The van der Waals surface area contributed by atoms with Crippen LogP contribution in [-0.4, -0.2) is 34.9 Å². The fraction of sp³-hybridized carbons (Fsp3) is 0.667. The van der Waals surface area contributed by atoms with Gasteiger partial charge in [0.25, 0.3) is 0 Å². The van der Waals surface area contributed by atoms with Gasteiger partial charge in [-0.25, -0.2) is 0 Å². The van der Waals surface area contributed by atoms with Crippen LogP contribution in [-0.2, 0) is 4.79 Å². The highest BCUT2D eigenvalue weighted by molar-refractivity contribution is 5.76. The maximum Gasteiger partial charge on any atom is 0.220 e. The van der Waals surface area contributed by atoms with E-state index in [-0.39, 0.29) is 12.5 Å². The number of amides is 1. The van der Waals surface area contributed by atoms with Gasteiger partial charge < -0.3 is 15.5 Å². The van der Waals surface area contributed by atoms with Gasteiger partial charge in [0, 0.05) is 6.42 Å². The predicted octanol–water partition coefficient (Wildman–Crippen LogP) is 18.9. The van der Waals surface area contributed by atoms with Crippen LogP contribution in [0, 0.1) is 0 Å². The standard InChI is InChI=1S/C63H107NO3/c1-3-5-7-9-11-13-15-17-19-21-23-25-26-27-28-29-30-31-32-33-34-35-36-37-38-39-41-43-45-47-49-51-53-55-57-59-63(67)64-61(60-65)62(66)58-56-54-52-50-48-46-44-42-40-24-22-20-18-16-14-12-10-8-6-4-2/h5,7,11,13,17,19,23,25,27-28,30-31,33-34,36-37,39,41,45,47,61-62,65-66H,3-4,6,8-10,12,14-16,18,20-22,24,26,29,32,35,38,40,42-44,46,48-60H2,1-2H3,(H,64,67)/b7-5-,13-11-,19-17-,25-23-,28-27-,31-30-,34-33-,37-36-,41-39-,47-45-. The van der Waals surface area contributed by atoms with E-state index in [9.17, 15) is 15.0 Å². The molecule has 0 aromatic heterocycles. The first-order valence-electron chi connectivity index (χ1n) is 28.2. The molecule has 382 valence electrons. The van der Waals surface area contributed by atoms with Crippen molar-refractivity contribution in [2.45, 2.75) is 264 Å². The molecule has 4 nitrogen and oxygen atoms in total. The van der Waals surface area contributed by atoms with Crippen LogP contribution >= 0.6 is 0 Å². The lowest BCUT2D eigenvalue weighted by Crippen LogP contribution is -2.45. The van der Waals surface area contributed by atoms with Crippen molar-refractivity contribution in [2.75, 3.05) is 6.61 Å². The van der Waals surface area contributed by atoms with Crippen LogP contribution in [0.15, 0.2) is 122 Å². The Morgan fingerprint density at radius 2 is 0.657 bits per heavy atom. The molecule has 0 aliphatic heterocycles. The molecule has 2 atom stereocenters. The van der Waals surface area contributed by atoms with Gasteiger partial charge in [-0.2, -0.15) is 0 Å². The largest absolute Gasteiger partial charge is 0.394 e. The molecule has 67 heavy (non-hydrogen) atoms. The summed E-state index contributed by atoms with van der Waals surface area (Å²) < 4.78 is 0. The topological polar surface area (TPSA) is 69.6 Å². The lowest BCUT2D eigenvalue weighted by molar-refractivity contribution is -0.123. The summed E-state index contributed by atoms with van der Waals surface area (Å²) in [4.78, 5) is 12.5. The van der Waals surface area contributed by atoms with E-state index >= 15 is 0 Å². The van der Waals surface area contributed by atoms with Crippen LogP contribution in [0.25, 0.3) is 0 Å². The van der Waals surface area contributed by atoms with Crippen LogP contribution in [0.4, 0.5) is 0 Å². The van der Waals surface area contributed by atoms with Gasteiger partial charge in [0.15, 0.2) is 0 Å². The van der Waals surface area contributed by atoms with Gasteiger partial charge in [0.1, 0.15) is 0 Å². The quantitative estimate of drug-likeness (QED) is 0.0421. The molecule has 2 unspecified atom stereocenters. The maximum absolute atomic E-state index is 12.5. The minimum absolute atomic E-state index is 0.0589. The highest BCUT2D eigenvalue weighted by atomic mass is 16.3. The minimum Gasteiger partial charge on any atom is -0.394 e. The molecule has 3 N–H and O–H groups in total. The average molecular weight is 927 g/mol. The van der Waals surface area contributed by atoms with Gasteiger partial charge in [-0.05, 0) is 89.9 Å². The Balaban J connectivity index is 3.65. The molecule has 0 heterocycles. The molecule has 0 aliphatic rings. The smallest absolute Gasteiger partial charge is 0.220 e. The van der Waals surface area contributed by atoms with E-state index in [1.165, 1.54) is 116 Å². The van der Waals surface area contributed by atoms with Crippen LogP contribution in [0.5, 0.6) is 0 Å². The highest BCUT2D eigenvalue weighted by Gasteiger charge is 2.20. The summed E-state index contributed by atoms with van der Waals surface area (Å²) in [5, 5.41) is 23.3. The lowest BCUT2D eigenvalue weighted by atomic mass is 10.0. The first-order valence-corrected chi connectivity index (χ1v) is 28.2. The van der Waals surface area contributed by atoms with Gasteiger partial charge in [-0.1, -0.05) is 277 Å². The molecule has 0 fully saturated rings. The zero-order valence-electron chi connectivity index (χ0n) is 43.9. The Morgan fingerprint density at radius 1 is 0.373 bits per heavy atom. The van der Waals surface area contributed by atoms with Gasteiger partial charge in [0.2, 0.25) is 5.91 Å². The number of hydrogen-bond donors (Lipinski definition) is 3. The fourth-order valence-electron chi connectivity index (χ4n) is 7.98. The molecule has 4 heteroatoms. The molecule has 0 saturated carbocycles. The van der Waals surface area contributed by atoms with Crippen LogP contribution < -0.4 is 5.32 Å². The van der Waals surface area contributed by atoms with Gasteiger partial charge in [-0.15, -0.1) is 0 Å². The third kappa shape index (κ3) is 53.6. The predicted molar refractivity (Wildman–Crippen MR) is 299 cm³/mol. The molecule has 0 aromatic carbocycles. The average Bonchev–Trinajstić information content (AvgIpc) is 3.33. The van der Waals surface area contributed by atoms with E-state index in [0.717, 1.165) is 109 Å². The number of hydrogen-bond acceptors (Lipinski definition) is 3. The normalized spacial score (nSPS) is 13.8. The minimum atomic E-state index is -0.680. The highest BCUT2D eigenvalue weighted by Crippen LogP contribution is 2.16. The molecule has 0 rings (SSSR count). The Hall–Kier alpha value is -3.21. The number of rotatable bonds is 50. The molecule has 0 bridgehead atoms. The van der Waals surface area contributed by atoms with Crippen LogP contribution in [0.2, 0.25) is 0 Å². The monoisotopic (exact) mass is 926 g/mol. The molecule has 1 amide bonds. The van der Waals surface area contributed by atoms with Gasteiger partial charge in [0.05, 0.1) is 18.8 Å². The van der Waals surface area contributed by atoms with Gasteiger partial charge in [-0.3, -0.25) is 4.79 Å². The zero-order chi connectivity index (χ0) is 48.5. The summed E-state index contributed by atoms with van der Waals surface area (Å²) in [6.45, 7) is 4.24. The number of aliphatic hydroxyl groups excluding tert-OH is 2. The first kappa shape index (κ1) is 63.8. The van der Waals surface area contributed by atoms with Crippen molar-refractivity contribution in [3.8, 4) is 0 Å². The lowest BCUT2D eigenvalue weighted by Gasteiger charge is -2.22. The van der Waals surface area contributed by atoms with Crippen molar-refractivity contribution in [3.05, 3.63) is 122 Å². The Bertz CT molecular complexity index is 1330. The summed E-state index contributed by atoms with van der Waals surface area (Å²) in [5.41, 5.74) is 0. The molecule has 0 aliphatic carbocycles. The number of aliphatic hydroxyl groups is 2. The molecule has 0 aromatic rings. The molecular weight excluding hydrogens is 819 g/mol.